The highest BCUT2D eigenvalue weighted by Crippen LogP contribution is 2.35. The molecule has 1 aliphatic carbocycles. The first-order valence-corrected chi connectivity index (χ1v) is 9.32. The van der Waals surface area contributed by atoms with Crippen molar-refractivity contribution in [1.29, 1.82) is 0 Å². The lowest BCUT2D eigenvalue weighted by Crippen LogP contribution is -2.12. The summed E-state index contributed by atoms with van der Waals surface area (Å²) in [5.41, 5.74) is 3.60. The summed E-state index contributed by atoms with van der Waals surface area (Å²) >= 11 is 0. The molecule has 1 unspecified atom stereocenters. The van der Waals surface area contributed by atoms with Gasteiger partial charge in [-0.25, -0.2) is 4.79 Å². The molecule has 0 radical (unpaired) electrons. The highest BCUT2D eigenvalue weighted by atomic mass is 16.5. The van der Waals surface area contributed by atoms with Crippen molar-refractivity contribution in [2.24, 2.45) is 10.9 Å². The fourth-order valence-electron chi connectivity index (χ4n) is 3.26. The molecule has 2 aromatic rings. The molecule has 1 aliphatic heterocycles. The molecule has 1 heterocycles. The van der Waals surface area contributed by atoms with E-state index in [0.29, 0.717) is 17.9 Å². The Morgan fingerprint density at radius 1 is 0.964 bits per heavy atom. The highest BCUT2D eigenvalue weighted by molar-refractivity contribution is 5.93. The SMILES string of the molecule is O=C(OCc1ccccc1)C1=C(OCc2ccccc2)C(C2=CN=CC2)C=C1. The van der Waals surface area contributed by atoms with Gasteiger partial charge in [0.2, 0.25) is 0 Å². The second kappa shape index (κ2) is 8.53. The number of esters is 1. The molecule has 4 rings (SSSR count). The van der Waals surface area contributed by atoms with Gasteiger partial charge in [0.05, 0.1) is 11.5 Å². The smallest absolute Gasteiger partial charge is 0.341 e. The van der Waals surface area contributed by atoms with Crippen molar-refractivity contribution < 1.29 is 14.3 Å². The number of carbonyl (C=O) groups excluding carboxylic acids is 1. The van der Waals surface area contributed by atoms with E-state index in [4.69, 9.17) is 9.47 Å². The van der Waals surface area contributed by atoms with E-state index in [0.717, 1.165) is 23.1 Å². The molecule has 140 valence electrons. The van der Waals surface area contributed by atoms with E-state index in [1.165, 1.54) is 0 Å². The highest BCUT2D eigenvalue weighted by Gasteiger charge is 2.30. The average Bonchev–Trinajstić information content (AvgIpc) is 3.41. The van der Waals surface area contributed by atoms with Crippen molar-refractivity contribution in [3.05, 3.63) is 107 Å². The predicted octanol–water partition coefficient (Wildman–Crippen LogP) is 4.75. The van der Waals surface area contributed by atoms with Gasteiger partial charge in [-0.2, -0.15) is 0 Å². The Morgan fingerprint density at radius 2 is 1.64 bits per heavy atom. The normalized spacial score (nSPS) is 17.7. The number of allylic oxidation sites excluding steroid dienone is 1. The van der Waals surface area contributed by atoms with Crippen LogP contribution in [0, 0.1) is 5.92 Å². The maximum absolute atomic E-state index is 12.7. The molecular weight excluding hydrogens is 350 g/mol. The number of benzene rings is 2. The third kappa shape index (κ3) is 4.12. The van der Waals surface area contributed by atoms with Crippen LogP contribution in [-0.2, 0) is 27.5 Å². The van der Waals surface area contributed by atoms with Gasteiger partial charge >= 0.3 is 5.97 Å². The quantitative estimate of drug-likeness (QED) is 0.660. The van der Waals surface area contributed by atoms with Gasteiger partial charge in [-0.05, 0) is 22.8 Å². The van der Waals surface area contributed by atoms with Crippen molar-refractivity contribution in [2.75, 3.05) is 0 Å². The van der Waals surface area contributed by atoms with Gasteiger partial charge in [-0.3, -0.25) is 4.99 Å². The summed E-state index contributed by atoms with van der Waals surface area (Å²) in [7, 11) is 0. The number of nitrogens with zero attached hydrogens (tertiary/aromatic N) is 1. The number of carbonyl (C=O) groups is 1. The monoisotopic (exact) mass is 371 g/mol. The Hall–Kier alpha value is -3.40. The number of aliphatic imine (C=N–C) groups is 1. The minimum absolute atomic E-state index is 0.0783. The summed E-state index contributed by atoms with van der Waals surface area (Å²) < 4.78 is 11.6. The lowest BCUT2D eigenvalue weighted by molar-refractivity contribution is -0.140. The van der Waals surface area contributed by atoms with Gasteiger partial charge in [0.15, 0.2) is 0 Å². The lowest BCUT2D eigenvalue weighted by Gasteiger charge is -2.17. The second-order valence-corrected chi connectivity index (χ2v) is 6.69. The van der Waals surface area contributed by atoms with E-state index in [1.54, 1.807) is 6.08 Å². The fourth-order valence-corrected chi connectivity index (χ4v) is 3.26. The fraction of sp³-hybridized carbons (Fsp3) is 0.167. The molecule has 0 aromatic heterocycles. The molecule has 0 amide bonds. The third-order valence-corrected chi connectivity index (χ3v) is 4.75. The molecule has 2 aliphatic rings. The van der Waals surface area contributed by atoms with Crippen LogP contribution < -0.4 is 0 Å². The first kappa shape index (κ1) is 18.0. The lowest BCUT2D eigenvalue weighted by atomic mass is 9.98. The molecule has 2 aromatic carbocycles. The van der Waals surface area contributed by atoms with Gasteiger partial charge in [-0.1, -0.05) is 66.7 Å². The predicted molar refractivity (Wildman–Crippen MR) is 108 cm³/mol. The van der Waals surface area contributed by atoms with E-state index < -0.39 is 0 Å². The first-order valence-electron chi connectivity index (χ1n) is 9.32. The van der Waals surface area contributed by atoms with Gasteiger partial charge in [0.25, 0.3) is 0 Å². The van der Waals surface area contributed by atoms with E-state index in [9.17, 15) is 4.79 Å². The maximum Gasteiger partial charge on any atom is 0.341 e. The van der Waals surface area contributed by atoms with Crippen LogP contribution in [0.4, 0.5) is 0 Å². The molecule has 0 fully saturated rings. The summed E-state index contributed by atoms with van der Waals surface area (Å²) in [6, 6.07) is 19.6. The van der Waals surface area contributed by atoms with E-state index in [2.05, 4.69) is 4.99 Å². The van der Waals surface area contributed by atoms with Crippen molar-refractivity contribution in [3.63, 3.8) is 0 Å². The molecule has 28 heavy (non-hydrogen) atoms. The number of hydrogen-bond acceptors (Lipinski definition) is 4. The molecule has 0 saturated heterocycles. The molecule has 1 atom stereocenters. The molecule has 0 saturated carbocycles. The van der Waals surface area contributed by atoms with Crippen LogP contribution in [0.5, 0.6) is 0 Å². The van der Waals surface area contributed by atoms with Crippen molar-refractivity contribution in [3.8, 4) is 0 Å². The van der Waals surface area contributed by atoms with Gasteiger partial charge in [0, 0.05) is 18.8 Å². The van der Waals surface area contributed by atoms with E-state index in [-0.39, 0.29) is 18.5 Å². The Kier molecular flexibility index (Phi) is 5.48. The Balaban J connectivity index is 1.51. The molecule has 4 heteroatoms. The van der Waals surface area contributed by atoms with Gasteiger partial charge in [0.1, 0.15) is 19.0 Å². The number of ether oxygens (including phenoxy) is 2. The topological polar surface area (TPSA) is 47.9 Å². The Morgan fingerprint density at radius 3 is 2.29 bits per heavy atom. The summed E-state index contributed by atoms with van der Waals surface area (Å²) in [5.74, 6) is 0.189. The third-order valence-electron chi connectivity index (χ3n) is 4.75. The first-order chi connectivity index (χ1) is 13.8. The van der Waals surface area contributed by atoms with Crippen LogP contribution in [0.15, 0.2) is 101 Å². The Bertz CT molecular complexity index is 956. The van der Waals surface area contributed by atoms with Crippen LogP contribution in [-0.4, -0.2) is 12.2 Å². The summed E-state index contributed by atoms with van der Waals surface area (Å²) in [6.07, 6.45) is 8.26. The molecular formula is C24H21NO3. The van der Waals surface area contributed by atoms with E-state index >= 15 is 0 Å². The average molecular weight is 371 g/mol. The standard InChI is InChI=1S/C24H21NO3/c26-24(28-17-19-9-5-2-6-10-19)22-12-11-21(20-13-14-25-15-20)23(22)27-16-18-7-3-1-4-8-18/h1-12,14-15,21H,13,16-17H2. The van der Waals surface area contributed by atoms with Crippen LogP contribution in [0.2, 0.25) is 0 Å². The molecule has 4 nitrogen and oxygen atoms in total. The minimum Gasteiger partial charge on any atom is -0.491 e. The van der Waals surface area contributed by atoms with Gasteiger partial charge in [-0.15, -0.1) is 0 Å². The summed E-state index contributed by atoms with van der Waals surface area (Å²) in [4.78, 5) is 16.9. The number of hydrogen-bond donors (Lipinski definition) is 0. The molecule has 0 bridgehead atoms. The second-order valence-electron chi connectivity index (χ2n) is 6.69. The zero-order valence-electron chi connectivity index (χ0n) is 15.5. The van der Waals surface area contributed by atoms with E-state index in [1.807, 2.05) is 79.2 Å². The Labute approximate surface area is 164 Å². The minimum atomic E-state index is -0.370. The van der Waals surface area contributed by atoms with Crippen LogP contribution >= 0.6 is 0 Å². The molecule has 0 spiro atoms. The van der Waals surface area contributed by atoms with Crippen LogP contribution in [0.3, 0.4) is 0 Å². The van der Waals surface area contributed by atoms with Crippen LogP contribution in [0.1, 0.15) is 17.5 Å². The molecule has 0 N–H and O–H groups in total. The van der Waals surface area contributed by atoms with Crippen LogP contribution in [0.25, 0.3) is 0 Å². The summed E-state index contributed by atoms with van der Waals surface area (Å²) in [5, 5.41) is 0. The zero-order valence-corrected chi connectivity index (χ0v) is 15.5. The summed E-state index contributed by atoms with van der Waals surface area (Å²) in [6.45, 7) is 0.636. The maximum atomic E-state index is 12.7. The number of rotatable bonds is 7. The zero-order chi connectivity index (χ0) is 19.2. The van der Waals surface area contributed by atoms with Crippen molar-refractivity contribution in [2.45, 2.75) is 19.6 Å². The van der Waals surface area contributed by atoms with Crippen molar-refractivity contribution in [1.82, 2.24) is 0 Å². The van der Waals surface area contributed by atoms with Gasteiger partial charge < -0.3 is 9.47 Å². The largest absolute Gasteiger partial charge is 0.491 e. The van der Waals surface area contributed by atoms with Crippen molar-refractivity contribution >= 4 is 12.2 Å².